The monoisotopic (exact) mass is 432 g/mol. The first-order valence-electron chi connectivity index (χ1n) is 7.79. The van der Waals surface area contributed by atoms with Gasteiger partial charge in [-0.05, 0) is 42.5 Å². The van der Waals surface area contributed by atoms with E-state index in [9.17, 15) is 13.2 Å². The van der Waals surface area contributed by atoms with E-state index in [1.54, 1.807) is 29.2 Å². The van der Waals surface area contributed by atoms with Crippen LogP contribution >= 0.6 is 34.8 Å². The molecule has 2 aromatic rings. The van der Waals surface area contributed by atoms with E-state index in [1.807, 2.05) is 0 Å². The highest BCUT2D eigenvalue weighted by molar-refractivity contribution is 7.89. The number of sulfonamides is 1. The Morgan fingerprint density at radius 3 is 2.04 bits per heavy atom. The maximum Gasteiger partial charge on any atom is 0.253 e. The molecule has 0 saturated carbocycles. The summed E-state index contributed by atoms with van der Waals surface area (Å²) >= 11 is 17.8. The Hall–Kier alpha value is -1.31. The van der Waals surface area contributed by atoms with Gasteiger partial charge in [0.25, 0.3) is 5.91 Å². The predicted molar refractivity (Wildman–Crippen MR) is 103 cm³/mol. The van der Waals surface area contributed by atoms with Crippen molar-refractivity contribution in [2.24, 2.45) is 0 Å². The van der Waals surface area contributed by atoms with Crippen LogP contribution in [-0.4, -0.2) is 49.7 Å². The van der Waals surface area contributed by atoms with Crippen molar-refractivity contribution < 1.29 is 13.2 Å². The number of carbonyl (C=O) groups is 1. The second kappa shape index (κ2) is 7.74. The topological polar surface area (TPSA) is 57.7 Å². The Bertz CT molecular complexity index is 925. The zero-order valence-electron chi connectivity index (χ0n) is 13.5. The fourth-order valence-electron chi connectivity index (χ4n) is 2.72. The van der Waals surface area contributed by atoms with Crippen LogP contribution in [0.3, 0.4) is 0 Å². The van der Waals surface area contributed by atoms with Gasteiger partial charge in [0.15, 0.2) is 0 Å². The Morgan fingerprint density at radius 2 is 1.42 bits per heavy atom. The molecule has 0 spiro atoms. The molecule has 2 aromatic carbocycles. The van der Waals surface area contributed by atoms with E-state index in [1.165, 1.54) is 22.5 Å². The molecule has 3 rings (SSSR count). The Morgan fingerprint density at radius 1 is 0.846 bits per heavy atom. The molecule has 0 atom stereocenters. The third-order valence-corrected chi connectivity index (χ3v) is 7.00. The van der Waals surface area contributed by atoms with E-state index in [-0.39, 0.29) is 28.9 Å². The highest BCUT2D eigenvalue weighted by Crippen LogP contribution is 2.28. The smallest absolute Gasteiger partial charge is 0.253 e. The molecule has 1 heterocycles. The molecular weight excluding hydrogens is 419 g/mol. The van der Waals surface area contributed by atoms with Crippen molar-refractivity contribution in [1.29, 1.82) is 0 Å². The summed E-state index contributed by atoms with van der Waals surface area (Å²) in [6.07, 6.45) is 0. The molecule has 138 valence electrons. The molecule has 1 fully saturated rings. The fourth-order valence-corrected chi connectivity index (χ4v) is 5.01. The van der Waals surface area contributed by atoms with Gasteiger partial charge in [-0.1, -0.05) is 34.8 Å². The molecule has 0 bridgehead atoms. The minimum atomic E-state index is -3.77. The Kier molecular flexibility index (Phi) is 5.79. The normalized spacial score (nSPS) is 15.9. The number of nitrogens with zero attached hydrogens (tertiary/aromatic N) is 2. The molecule has 0 aromatic heterocycles. The third-order valence-electron chi connectivity index (χ3n) is 4.13. The van der Waals surface area contributed by atoms with Crippen LogP contribution in [0, 0.1) is 0 Å². The van der Waals surface area contributed by atoms with Crippen LogP contribution in [0.2, 0.25) is 15.1 Å². The van der Waals surface area contributed by atoms with E-state index in [4.69, 9.17) is 34.8 Å². The van der Waals surface area contributed by atoms with E-state index >= 15 is 0 Å². The van der Waals surface area contributed by atoms with Crippen LogP contribution in [0.4, 0.5) is 0 Å². The van der Waals surface area contributed by atoms with E-state index in [0.29, 0.717) is 28.7 Å². The quantitative estimate of drug-likeness (QED) is 0.740. The first kappa shape index (κ1) is 19.5. The van der Waals surface area contributed by atoms with Gasteiger partial charge < -0.3 is 4.90 Å². The lowest BCUT2D eigenvalue weighted by Crippen LogP contribution is -2.50. The zero-order valence-corrected chi connectivity index (χ0v) is 16.6. The van der Waals surface area contributed by atoms with Crippen LogP contribution in [-0.2, 0) is 10.0 Å². The fraction of sp³-hybridized carbons (Fsp3) is 0.235. The molecule has 1 aliphatic heterocycles. The minimum Gasteiger partial charge on any atom is -0.336 e. The Balaban J connectivity index is 1.72. The molecule has 1 saturated heterocycles. The second-order valence-electron chi connectivity index (χ2n) is 5.78. The number of halogens is 3. The van der Waals surface area contributed by atoms with Gasteiger partial charge in [-0.2, -0.15) is 4.31 Å². The van der Waals surface area contributed by atoms with E-state index in [0.717, 1.165) is 0 Å². The lowest BCUT2D eigenvalue weighted by atomic mass is 10.2. The van der Waals surface area contributed by atoms with Crippen molar-refractivity contribution in [3.05, 3.63) is 63.1 Å². The minimum absolute atomic E-state index is 0.0239. The average molecular weight is 434 g/mol. The number of hydrogen-bond donors (Lipinski definition) is 0. The molecule has 0 radical (unpaired) electrons. The summed E-state index contributed by atoms with van der Waals surface area (Å²) in [5.74, 6) is -0.153. The lowest BCUT2D eigenvalue weighted by molar-refractivity contribution is 0.0698. The van der Waals surface area contributed by atoms with Gasteiger partial charge in [0.05, 0.1) is 5.02 Å². The van der Waals surface area contributed by atoms with Crippen molar-refractivity contribution in [2.75, 3.05) is 26.2 Å². The largest absolute Gasteiger partial charge is 0.336 e. The summed E-state index contributed by atoms with van der Waals surface area (Å²) < 4.78 is 26.9. The van der Waals surface area contributed by atoms with Crippen LogP contribution < -0.4 is 0 Å². The summed E-state index contributed by atoms with van der Waals surface area (Å²) in [5.41, 5.74) is 0.517. The van der Waals surface area contributed by atoms with Crippen molar-refractivity contribution >= 4 is 50.7 Å². The molecule has 1 aliphatic rings. The van der Waals surface area contributed by atoms with Gasteiger partial charge >= 0.3 is 0 Å². The highest BCUT2D eigenvalue weighted by atomic mass is 35.5. The molecular formula is C17H15Cl3N2O3S. The van der Waals surface area contributed by atoms with Crippen LogP contribution in [0.5, 0.6) is 0 Å². The van der Waals surface area contributed by atoms with E-state index < -0.39 is 10.0 Å². The van der Waals surface area contributed by atoms with Crippen molar-refractivity contribution in [1.82, 2.24) is 9.21 Å². The maximum atomic E-state index is 12.8. The predicted octanol–water partition coefficient (Wildman–Crippen LogP) is 3.79. The molecule has 0 N–H and O–H groups in total. The number of amides is 1. The van der Waals surface area contributed by atoms with Crippen LogP contribution in [0.1, 0.15) is 10.4 Å². The molecule has 0 unspecified atom stereocenters. The van der Waals surface area contributed by atoms with Crippen LogP contribution in [0.25, 0.3) is 0 Å². The third kappa shape index (κ3) is 4.00. The summed E-state index contributed by atoms with van der Waals surface area (Å²) in [6.45, 7) is 0.951. The summed E-state index contributed by atoms with van der Waals surface area (Å²) in [6, 6.07) is 10.9. The highest BCUT2D eigenvalue weighted by Gasteiger charge is 2.31. The molecule has 9 heteroatoms. The standard InChI is InChI=1S/C17H15Cl3N2O3S/c18-13-3-1-12(2-4-13)17(23)21-7-9-22(10-8-21)26(24,25)16-11-14(19)5-6-15(16)20/h1-6,11H,7-10H2. The SMILES string of the molecule is O=C(c1ccc(Cl)cc1)N1CCN(S(=O)(=O)c2cc(Cl)ccc2Cl)CC1. The maximum absolute atomic E-state index is 12.8. The van der Waals surface area contributed by atoms with Crippen LogP contribution in [0.15, 0.2) is 47.4 Å². The zero-order chi connectivity index (χ0) is 18.9. The average Bonchev–Trinajstić information content (AvgIpc) is 2.64. The van der Waals surface area contributed by atoms with Crippen molar-refractivity contribution in [2.45, 2.75) is 4.90 Å². The molecule has 5 nitrogen and oxygen atoms in total. The second-order valence-corrected chi connectivity index (χ2v) is 8.96. The van der Waals surface area contributed by atoms with Gasteiger partial charge in [-0.15, -0.1) is 0 Å². The first-order chi connectivity index (χ1) is 12.3. The van der Waals surface area contributed by atoms with Gasteiger partial charge in [0, 0.05) is 41.8 Å². The number of benzene rings is 2. The number of piperazine rings is 1. The van der Waals surface area contributed by atoms with Gasteiger partial charge in [0.1, 0.15) is 4.90 Å². The molecule has 1 amide bonds. The Labute approximate surface area is 167 Å². The summed E-state index contributed by atoms with van der Waals surface area (Å²) in [4.78, 5) is 14.1. The van der Waals surface area contributed by atoms with Gasteiger partial charge in [-0.3, -0.25) is 4.79 Å². The summed E-state index contributed by atoms with van der Waals surface area (Å²) in [7, 11) is -3.77. The van der Waals surface area contributed by atoms with Gasteiger partial charge in [-0.25, -0.2) is 8.42 Å². The summed E-state index contributed by atoms with van der Waals surface area (Å²) in [5, 5.41) is 0.967. The van der Waals surface area contributed by atoms with E-state index in [2.05, 4.69) is 0 Å². The number of hydrogen-bond acceptors (Lipinski definition) is 3. The number of carbonyl (C=O) groups excluding carboxylic acids is 1. The van der Waals surface area contributed by atoms with Gasteiger partial charge in [0.2, 0.25) is 10.0 Å². The van der Waals surface area contributed by atoms with Crippen molar-refractivity contribution in [3.63, 3.8) is 0 Å². The molecule has 0 aliphatic carbocycles. The van der Waals surface area contributed by atoms with Crippen molar-refractivity contribution in [3.8, 4) is 0 Å². The molecule has 26 heavy (non-hydrogen) atoms. The first-order valence-corrected chi connectivity index (χ1v) is 10.4. The lowest BCUT2D eigenvalue weighted by Gasteiger charge is -2.34. The number of rotatable bonds is 3.